The molecule has 3 aromatic rings. The number of nitrogens with zero attached hydrogens (tertiary/aromatic N) is 1. The van der Waals surface area contributed by atoms with E-state index in [1.807, 2.05) is 36.4 Å². The monoisotopic (exact) mass is 267 g/mol. The van der Waals surface area contributed by atoms with Crippen molar-refractivity contribution in [3.8, 4) is 0 Å². The van der Waals surface area contributed by atoms with Crippen LogP contribution in [-0.4, -0.2) is 4.98 Å². The van der Waals surface area contributed by atoms with Crippen molar-refractivity contribution in [1.29, 1.82) is 0 Å². The van der Waals surface area contributed by atoms with Gasteiger partial charge in [0, 0.05) is 23.2 Å². The van der Waals surface area contributed by atoms with Gasteiger partial charge in [0.05, 0.1) is 5.52 Å². The second-order valence-electron chi connectivity index (χ2n) is 4.59. The number of hydrogen-bond acceptors (Lipinski definition) is 3. The van der Waals surface area contributed by atoms with Gasteiger partial charge in [-0.25, -0.2) is 9.37 Å². The van der Waals surface area contributed by atoms with Crippen molar-refractivity contribution in [1.82, 2.24) is 4.98 Å². The Kier molecular flexibility index (Phi) is 3.21. The van der Waals surface area contributed by atoms with Crippen molar-refractivity contribution >= 4 is 22.4 Å². The summed E-state index contributed by atoms with van der Waals surface area (Å²) in [5, 5.41) is 4.11. The molecule has 0 amide bonds. The molecular formula is C16H14FN3. The van der Waals surface area contributed by atoms with Crippen LogP contribution in [0.2, 0.25) is 0 Å². The maximum Gasteiger partial charge on any atom is 0.128 e. The summed E-state index contributed by atoms with van der Waals surface area (Å²) in [6.07, 6.45) is 0. The molecule has 0 aliphatic rings. The van der Waals surface area contributed by atoms with Gasteiger partial charge in [0.15, 0.2) is 0 Å². The maximum atomic E-state index is 13.5. The lowest BCUT2D eigenvalue weighted by Gasteiger charge is -2.08. The van der Waals surface area contributed by atoms with E-state index >= 15 is 0 Å². The largest absolute Gasteiger partial charge is 0.399 e. The molecule has 0 atom stereocenters. The van der Waals surface area contributed by atoms with Crippen molar-refractivity contribution < 1.29 is 4.39 Å². The molecular weight excluding hydrogens is 253 g/mol. The maximum absolute atomic E-state index is 13.5. The highest BCUT2D eigenvalue weighted by Gasteiger charge is 2.02. The molecule has 3 rings (SSSR count). The number of halogens is 1. The van der Waals surface area contributed by atoms with E-state index in [1.165, 1.54) is 6.07 Å². The van der Waals surface area contributed by atoms with Crippen LogP contribution in [0.4, 0.5) is 15.9 Å². The molecule has 0 aliphatic heterocycles. The third-order valence-electron chi connectivity index (χ3n) is 3.13. The van der Waals surface area contributed by atoms with E-state index in [0.717, 1.165) is 10.9 Å². The molecule has 0 saturated carbocycles. The lowest BCUT2D eigenvalue weighted by Crippen LogP contribution is -2.03. The molecule has 0 spiro atoms. The minimum Gasteiger partial charge on any atom is -0.399 e. The molecule has 3 N–H and O–H groups in total. The Morgan fingerprint density at radius 1 is 1.05 bits per heavy atom. The van der Waals surface area contributed by atoms with Gasteiger partial charge in [-0.3, -0.25) is 0 Å². The molecule has 0 radical (unpaired) electrons. The first-order valence-electron chi connectivity index (χ1n) is 6.36. The summed E-state index contributed by atoms with van der Waals surface area (Å²) in [6, 6.07) is 16.1. The van der Waals surface area contributed by atoms with Gasteiger partial charge in [0.25, 0.3) is 0 Å². The first kappa shape index (κ1) is 12.4. The number of fused-ring (bicyclic) bond motifs is 1. The van der Waals surface area contributed by atoms with Gasteiger partial charge >= 0.3 is 0 Å². The van der Waals surface area contributed by atoms with Crippen LogP contribution in [0.5, 0.6) is 0 Å². The number of nitrogens with two attached hydrogens (primary N) is 1. The minimum atomic E-state index is -0.214. The van der Waals surface area contributed by atoms with E-state index in [9.17, 15) is 4.39 Å². The van der Waals surface area contributed by atoms with Crippen LogP contribution in [-0.2, 0) is 6.54 Å². The molecule has 3 nitrogen and oxygen atoms in total. The average molecular weight is 267 g/mol. The van der Waals surface area contributed by atoms with Crippen molar-refractivity contribution in [3.63, 3.8) is 0 Å². The second kappa shape index (κ2) is 5.17. The van der Waals surface area contributed by atoms with Gasteiger partial charge in [0.1, 0.15) is 11.6 Å². The van der Waals surface area contributed by atoms with Crippen LogP contribution < -0.4 is 11.1 Å². The summed E-state index contributed by atoms with van der Waals surface area (Å²) in [5.74, 6) is 0.499. The summed E-state index contributed by atoms with van der Waals surface area (Å²) in [7, 11) is 0. The summed E-state index contributed by atoms with van der Waals surface area (Å²) in [5.41, 5.74) is 7.92. The molecule has 0 fully saturated rings. The van der Waals surface area contributed by atoms with E-state index in [-0.39, 0.29) is 5.82 Å². The van der Waals surface area contributed by atoms with Crippen molar-refractivity contribution in [2.75, 3.05) is 11.1 Å². The Hall–Kier alpha value is -2.62. The lowest BCUT2D eigenvalue weighted by atomic mass is 10.2. The highest BCUT2D eigenvalue weighted by atomic mass is 19.1. The number of rotatable bonds is 3. The fourth-order valence-electron chi connectivity index (χ4n) is 2.07. The van der Waals surface area contributed by atoms with E-state index in [4.69, 9.17) is 5.73 Å². The van der Waals surface area contributed by atoms with Gasteiger partial charge in [-0.1, -0.05) is 18.2 Å². The zero-order valence-corrected chi connectivity index (χ0v) is 10.8. The smallest absolute Gasteiger partial charge is 0.128 e. The molecule has 4 heteroatoms. The average Bonchev–Trinajstić information content (AvgIpc) is 2.46. The normalized spacial score (nSPS) is 10.7. The van der Waals surface area contributed by atoms with Gasteiger partial charge in [-0.05, 0) is 36.4 Å². The third-order valence-corrected chi connectivity index (χ3v) is 3.13. The Morgan fingerprint density at radius 3 is 2.75 bits per heavy atom. The Bertz CT molecular complexity index is 756. The molecule has 0 saturated heterocycles. The fourth-order valence-corrected chi connectivity index (χ4v) is 2.07. The molecule has 100 valence electrons. The minimum absolute atomic E-state index is 0.214. The molecule has 0 bridgehead atoms. The number of nitrogen functional groups attached to an aromatic ring is 1. The number of aromatic nitrogens is 1. The van der Waals surface area contributed by atoms with Crippen molar-refractivity contribution in [3.05, 3.63) is 66.0 Å². The molecule has 0 aliphatic carbocycles. The number of pyridine rings is 1. The van der Waals surface area contributed by atoms with E-state index in [1.54, 1.807) is 12.1 Å². The Labute approximate surface area is 116 Å². The van der Waals surface area contributed by atoms with Crippen LogP contribution in [0.25, 0.3) is 10.9 Å². The lowest BCUT2D eigenvalue weighted by molar-refractivity contribution is 0.613. The first-order chi connectivity index (χ1) is 9.72. The summed E-state index contributed by atoms with van der Waals surface area (Å²) in [4.78, 5) is 4.47. The third kappa shape index (κ3) is 2.54. The predicted molar refractivity (Wildman–Crippen MR) is 79.9 cm³/mol. The standard InChI is InChI=1S/C16H14FN3/c17-14-4-2-1-3-12(14)10-19-16-8-5-11-9-13(18)6-7-15(11)20-16/h1-9H,10,18H2,(H,19,20). The van der Waals surface area contributed by atoms with E-state index in [2.05, 4.69) is 10.3 Å². The number of hydrogen-bond donors (Lipinski definition) is 2. The Balaban J connectivity index is 1.81. The van der Waals surface area contributed by atoms with Crippen molar-refractivity contribution in [2.45, 2.75) is 6.54 Å². The number of benzene rings is 2. The number of anilines is 2. The topological polar surface area (TPSA) is 50.9 Å². The number of nitrogens with one attached hydrogen (secondary N) is 1. The zero-order chi connectivity index (χ0) is 13.9. The zero-order valence-electron chi connectivity index (χ0n) is 10.8. The summed E-state index contributed by atoms with van der Waals surface area (Å²) < 4.78 is 13.5. The van der Waals surface area contributed by atoms with Crippen LogP contribution in [0.1, 0.15) is 5.56 Å². The van der Waals surface area contributed by atoms with Crippen LogP contribution in [0.15, 0.2) is 54.6 Å². The van der Waals surface area contributed by atoms with Gasteiger partial charge in [-0.2, -0.15) is 0 Å². The highest BCUT2D eigenvalue weighted by Crippen LogP contribution is 2.18. The molecule has 0 unspecified atom stereocenters. The first-order valence-corrected chi connectivity index (χ1v) is 6.36. The fraction of sp³-hybridized carbons (Fsp3) is 0.0625. The molecule has 1 aromatic heterocycles. The van der Waals surface area contributed by atoms with Crippen molar-refractivity contribution in [2.24, 2.45) is 0 Å². The van der Waals surface area contributed by atoms with E-state index in [0.29, 0.717) is 23.6 Å². The van der Waals surface area contributed by atoms with Gasteiger partial charge in [-0.15, -0.1) is 0 Å². The quantitative estimate of drug-likeness (QED) is 0.713. The molecule has 2 aromatic carbocycles. The predicted octanol–water partition coefficient (Wildman–Crippen LogP) is 3.57. The van der Waals surface area contributed by atoms with Crippen LogP contribution >= 0.6 is 0 Å². The van der Waals surface area contributed by atoms with Gasteiger partial charge < -0.3 is 11.1 Å². The van der Waals surface area contributed by atoms with Crippen LogP contribution in [0.3, 0.4) is 0 Å². The Morgan fingerprint density at radius 2 is 1.90 bits per heavy atom. The summed E-state index contributed by atoms with van der Waals surface area (Å²) in [6.45, 7) is 0.403. The SMILES string of the molecule is Nc1ccc2nc(NCc3ccccc3F)ccc2c1. The summed E-state index contributed by atoms with van der Waals surface area (Å²) >= 11 is 0. The molecule has 1 heterocycles. The molecule has 20 heavy (non-hydrogen) atoms. The second-order valence-corrected chi connectivity index (χ2v) is 4.59. The van der Waals surface area contributed by atoms with Crippen LogP contribution in [0, 0.1) is 5.82 Å². The highest BCUT2D eigenvalue weighted by molar-refractivity contribution is 5.83. The van der Waals surface area contributed by atoms with Gasteiger partial charge in [0.2, 0.25) is 0 Å². The van der Waals surface area contributed by atoms with E-state index < -0.39 is 0 Å².